The molecule has 1 aliphatic rings. The fourth-order valence-corrected chi connectivity index (χ4v) is 2.70. The number of carboxylic acid groups (broad SMARTS) is 1. The molecule has 0 saturated carbocycles. The Bertz CT molecular complexity index is 622. The lowest BCUT2D eigenvalue weighted by molar-refractivity contribution is -0.142. The van der Waals surface area contributed by atoms with Crippen LogP contribution >= 0.6 is 11.6 Å². The average Bonchev–Trinajstić information content (AvgIpc) is 2.87. The van der Waals surface area contributed by atoms with Crippen molar-refractivity contribution < 1.29 is 27.9 Å². The van der Waals surface area contributed by atoms with E-state index in [1.807, 2.05) is 0 Å². The number of halogens is 4. The molecule has 2 N–H and O–H groups in total. The lowest BCUT2D eigenvalue weighted by Gasteiger charge is -2.21. The minimum Gasteiger partial charge on any atom is -0.480 e. The van der Waals surface area contributed by atoms with Crippen molar-refractivity contribution in [3.8, 4) is 0 Å². The largest absolute Gasteiger partial charge is 0.480 e. The zero-order chi connectivity index (χ0) is 17.2. The standard InChI is InChI=1S/C14H14ClF3N2O3/c15-8-3-4-10(9(6-8)14(16,17)18)19-12(21)7-20-5-1-2-11(20)13(22)23/h3-4,6,11H,1-2,5,7H2,(H,19,21)(H,22,23). The number of nitrogens with zero attached hydrogens (tertiary/aromatic N) is 1. The fourth-order valence-electron chi connectivity index (χ4n) is 2.53. The Morgan fingerprint density at radius 1 is 1.39 bits per heavy atom. The summed E-state index contributed by atoms with van der Waals surface area (Å²) >= 11 is 5.56. The second-order valence-electron chi connectivity index (χ2n) is 5.20. The first-order chi connectivity index (χ1) is 10.7. The van der Waals surface area contributed by atoms with Gasteiger partial charge in [0.05, 0.1) is 17.8 Å². The van der Waals surface area contributed by atoms with E-state index in [4.69, 9.17) is 16.7 Å². The number of carboxylic acids is 1. The van der Waals surface area contributed by atoms with Gasteiger partial charge in [-0.25, -0.2) is 0 Å². The van der Waals surface area contributed by atoms with Crippen LogP contribution in [-0.4, -0.2) is 41.0 Å². The van der Waals surface area contributed by atoms with Gasteiger partial charge >= 0.3 is 12.1 Å². The first kappa shape index (κ1) is 17.6. The molecule has 126 valence electrons. The predicted molar refractivity (Wildman–Crippen MR) is 77.3 cm³/mol. The number of carbonyl (C=O) groups is 2. The zero-order valence-electron chi connectivity index (χ0n) is 11.9. The van der Waals surface area contributed by atoms with Crippen LogP contribution in [0.5, 0.6) is 0 Å². The van der Waals surface area contributed by atoms with Crippen molar-refractivity contribution in [2.75, 3.05) is 18.4 Å². The molecule has 1 aromatic rings. The smallest absolute Gasteiger partial charge is 0.418 e. The van der Waals surface area contributed by atoms with Crippen LogP contribution in [0.3, 0.4) is 0 Å². The molecule has 2 rings (SSSR count). The second-order valence-corrected chi connectivity index (χ2v) is 5.64. The van der Waals surface area contributed by atoms with Gasteiger partial charge in [0.25, 0.3) is 0 Å². The van der Waals surface area contributed by atoms with Crippen molar-refractivity contribution in [1.82, 2.24) is 4.90 Å². The van der Waals surface area contributed by atoms with Crippen molar-refractivity contribution >= 4 is 29.2 Å². The number of likely N-dealkylation sites (tertiary alicyclic amines) is 1. The molecule has 1 unspecified atom stereocenters. The van der Waals surface area contributed by atoms with Gasteiger partial charge in [-0.05, 0) is 37.6 Å². The Morgan fingerprint density at radius 2 is 2.09 bits per heavy atom. The summed E-state index contributed by atoms with van der Waals surface area (Å²) in [6.07, 6.45) is -3.62. The maximum Gasteiger partial charge on any atom is 0.418 e. The number of nitrogens with one attached hydrogen (secondary N) is 1. The minimum absolute atomic E-state index is 0.0965. The van der Waals surface area contributed by atoms with Gasteiger partial charge in [0.2, 0.25) is 5.91 Å². The molecule has 0 spiro atoms. The van der Waals surface area contributed by atoms with Crippen LogP contribution in [0.25, 0.3) is 0 Å². The number of hydrogen-bond donors (Lipinski definition) is 2. The molecular formula is C14H14ClF3N2O3. The van der Waals surface area contributed by atoms with Gasteiger partial charge in [0, 0.05) is 5.02 Å². The number of carbonyl (C=O) groups excluding carboxylic acids is 1. The topological polar surface area (TPSA) is 69.6 Å². The van der Waals surface area contributed by atoms with E-state index in [2.05, 4.69) is 5.32 Å². The normalized spacial score (nSPS) is 18.9. The van der Waals surface area contributed by atoms with E-state index in [0.29, 0.717) is 19.4 Å². The van der Waals surface area contributed by atoms with Crippen LogP contribution in [0.15, 0.2) is 18.2 Å². The summed E-state index contributed by atoms with van der Waals surface area (Å²) in [7, 11) is 0. The third kappa shape index (κ3) is 4.35. The molecule has 23 heavy (non-hydrogen) atoms. The van der Waals surface area contributed by atoms with Gasteiger partial charge in [-0.2, -0.15) is 13.2 Å². The molecule has 1 heterocycles. The third-order valence-corrected chi connectivity index (χ3v) is 3.79. The Balaban J connectivity index is 2.10. The van der Waals surface area contributed by atoms with Crippen LogP contribution in [-0.2, 0) is 15.8 Å². The van der Waals surface area contributed by atoms with Crippen molar-refractivity contribution in [2.45, 2.75) is 25.1 Å². The summed E-state index contributed by atoms with van der Waals surface area (Å²) in [6, 6.07) is 2.25. The van der Waals surface area contributed by atoms with E-state index >= 15 is 0 Å². The summed E-state index contributed by atoms with van der Waals surface area (Å²) in [6.45, 7) is 0.133. The maximum atomic E-state index is 13.0. The molecule has 1 aromatic carbocycles. The molecule has 1 atom stereocenters. The zero-order valence-corrected chi connectivity index (χ0v) is 12.6. The predicted octanol–water partition coefficient (Wildman–Crippen LogP) is 2.85. The average molecular weight is 351 g/mol. The summed E-state index contributed by atoms with van der Waals surface area (Å²) < 4.78 is 38.9. The Labute approximate surface area is 135 Å². The lowest BCUT2D eigenvalue weighted by atomic mass is 10.1. The number of rotatable bonds is 4. The molecular weight excluding hydrogens is 337 g/mol. The monoisotopic (exact) mass is 350 g/mol. The molecule has 9 heteroatoms. The van der Waals surface area contributed by atoms with Crippen molar-refractivity contribution in [2.24, 2.45) is 0 Å². The van der Waals surface area contributed by atoms with E-state index in [9.17, 15) is 22.8 Å². The minimum atomic E-state index is -4.66. The summed E-state index contributed by atoms with van der Waals surface area (Å²) in [5.41, 5.74) is -1.45. The summed E-state index contributed by atoms with van der Waals surface area (Å²) in [4.78, 5) is 24.4. The number of amides is 1. The highest BCUT2D eigenvalue weighted by molar-refractivity contribution is 6.30. The first-order valence-corrected chi connectivity index (χ1v) is 7.19. The molecule has 1 fully saturated rings. The van der Waals surface area contributed by atoms with Crippen molar-refractivity contribution in [3.05, 3.63) is 28.8 Å². The summed E-state index contributed by atoms with van der Waals surface area (Å²) in [5.74, 6) is -1.75. The molecule has 1 saturated heterocycles. The Kier molecular flexibility index (Phi) is 5.16. The van der Waals surface area contributed by atoms with E-state index < -0.39 is 35.3 Å². The quantitative estimate of drug-likeness (QED) is 0.876. The highest BCUT2D eigenvalue weighted by Crippen LogP contribution is 2.36. The molecule has 0 radical (unpaired) electrons. The third-order valence-electron chi connectivity index (χ3n) is 3.56. The van der Waals surface area contributed by atoms with Gasteiger partial charge < -0.3 is 10.4 Å². The fraction of sp³-hybridized carbons (Fsp3) is 0.429. The van der Waals surface area contributed by atoms with Crippen LogP contribution in [0.2, 0.25) is 5.02 Å². The maximum absolute atomic E-state index is 13.0. The number of benzene rings is 1. The SMILES string of the molecule is O=C(CN1CCCC1C(=O)O)Nc1ccc(Cl)cc1C(F)(F)F. The highest BCUT2D eigenvalue weighted by atomic mass is 35.5. The molecule has 0 aromatic heterocycles. The lowest BCUT2D eigenvalue weighted by Crippen LogP contribution is -2.41. The van der Waals surface area contributed by atoms with Crippen LogP contribution in [0, 0.1) is 0 Å². The van der Waals surface area contributed by atoms with Crippen LogP contribution in [0.4, 0.5) is 18.9 Å². The van der Waals surface area contributed by atoms with E-state index in [1.54, 1.807) is 0 Å². The number of anilines is 1. The van der Waals surface area contributed by atoms with E-state index in [-0.39, 0.29) is 11.6 Å². The van der Waals surface area contributed by atoms with Crippen molar-refractivity contribution in [3.63, 3.8) is 0 Å². The first-order valence-electron chi connectivity index (χ1n) is 6.82. The van der Waals surface area contributed by atoms with Crippen LogP contribution < -0.4 is 5.32 Å². The Hall–Kier alpha value is -1.80. The second kappa shape index (κ2) is 6.76. The van der Waals surface area contributed by atoms with Gasteiger partial charge in [-0.15, -0.1) is 0 Å². The molecule has 0 bridgehead atoms. The van der Waals surface area contributed by atoms with E-state index in [0.717, 1.165) is 12.1 Å². The number of alkyl halides is 3. The van der Waals surface area contributed by atoms with Crippen molar-refractivity contribution in [1.29, 1.82) is 0 Å². The van der Waals surface area contributed by atoms with Gasteiger partial charge in [-0.1, -0.05) is 11.6 Å². The molecule has 1 amide bonds. The van der Waals surface area contributed by atoms with Gasteiger partial charge in [0.15, 0.2) is 0 Å². The van der Waals surface area contributed by atoms with Gasteiger partial charge in [0.1, 0.15) is 6.04 Å². The summed E-state index contributed by atoms with van der Waals surface area (Å²) in [5, 5.41) is 11.1. The highest BCUT2D eigenvalue weighted by Gasteiger charge is 2.35. The number of hydrogen-bond acceptors (Lipinski definition) is 3. The molecule has 5 nitrogen and oxygen atoms in total. The van der Waals surface area contributed by atoms with Crippen LogP contribution in [0.1, 0.15) is 18.4 Å². The molecule has 0 aliphatic carbocycles. The van der Waals surface area contributed by atoms with E-state index in [1.165, 1.54) is 11.0 Å². The molecule has 1 aliphatic heterocycles. The van der Waals surface area contributed by atoms with Gasteiger partial charge in [-0.3, -0.25) is 14.5 Å². The Morgan fingerprint density at radius 3 is 2.70 bits per heavy atom. The number of aliphatic carboxylic acids is 1.